The number of ketones is 1. The number of carbonyl (C=O) groups excluding carboxylic acids is 2. The number of furan rings is 1. The number of fused-ring (bicyclic) bond motifs is 1. The quantitative estimate of drug-likeness (QED) is 0.202. The number of hydrogen-bond donors (Lipinski definition) is 1. The molecule has 1 aliphatic rings. The molecular weight excluding hydrogens is 496 g/mol. The van der Waals surface area contributed by atoms with Crippen LogP contribution >= 0.6 is 0 Å². The average Bonchev–Trinajstić information content (AvgIpc) is 3.50. The van der Waals surface area contributed by atoms with Crippen molar-refractivity contribution in [3.63, 3.8) is 0 Å². The standard InChI is InChI=1S/C31H38N2O6/c1-5-8-9-18-38-23-14-10-12-21(19-23)27-26(29(35)31(36)33(27)17-16-32(6-2)7-3)28(34)25-20-22-13-11-15-24(37-4)30(22)39-25/h10-15,19-20,27,35H,5-9,16-18H2,1-4H3. The highest BCUT2D eigenvalue weighted by molar-refractivity contribution is 6.16. The Labute approximate surface area is 229 Å². The summed E-state index contributed by atoms with van der Waals surface area (Å²) in [6.45, 7) is 9.47. The second-order valence-electron chi connectivity index (χ2n) is 9.64. The molecule has 0 saturated heterocycles. The van der Waals surface area contributed by atoms with E-state index in [1.54, 1.807) is 17.0 Å². The van der Waals surface area contributed by atoms with Gasteiger partial charge in [-0.2, -0.15) is 0 Å². The van der Waals surface area contributed by atoms with E-state index in [0.29, 0.717) is 47.7 Å². The summed E-state index contributed by atoms with van der Waals surface area (Å²) < 4.78 is 17.3. The largest absolute Gasteiger partial charge is 0.503 e. The Hall–Kier alpha value is -3.78. The van der Waals surface area contributed by atoms with Gasteiger partial charge in [-0.1, -0.05) is 57.9 Å². The van der Waals surface area contributed by atoms with E-state index in [4.69, 9.17) is 13.9 Å². The van der Waals surface area contributed by atoms with Gasteiger partial charge in [-0.15, -0.1) is 0 Å². The molecule has 0 fully saturated rings. The minimum absolute atomic E-state index is 0.000651. The number of methoxy groups -OCH3 is 1. The molecule has 39 heavy (non-hydrogen) atoms. The van der Waals surface area contributed by atoms with Gasteiger partial charge in [0.15, 0.2) is 22.9 Å². The van der Waals surface area contributed by atoms with Gasteiger partial charge in [0, 0.05) is 18.5 Å². The predicted molar refractivity (Wildman–Crippen MR) is 150 cm³/mol. The van der Waals surface area contributed by atoms with E-state index in [0.717, 1.165) is 32.4 Å². The van der Waals surface area contributed by atoms with Crippen LogP contribution in [0.15, 0.2) is 64.3 Å². The van der Waals surface area contributed by atoms with Crippen LogP contribution in [0.4, 0.5) is 0 Å². The highest BCUT2D eigenvalue weighted by Crippen LogP contribution is 2.41. The second-order valence-corrected chi connectivity index (χ2v) is 9.64. The second kappa shape index (κ2) is 12.8. The molecule has 3 aromatic rings. The molecule has 1 aromatic heterocycles. The summed E-state index contributed by atoms with van der Waals surface area (Å²) in [5.74, 6) is -0.469. The fourth-order valence-electron chi connectivity index (χ4n) is 5.01. The van der Waals surface area contributed by atoms with Crippen molar-refractivity contribution in [2.24, 2.45) is 0 Å². The Bertz CT molecular complexity index is 1340. The molecule has 1 unspecified atom stereocenters. The SMILES string of the molecule is CCCCCOc1cccc(C2C(C(=O)c3cc4cccc(OC)c4o3)=C(O)C(=O)N2CCN(CC)CC)c1. The van der Waals surface area contributed by atoms with Crippen molar-refractivity contribution in [2.45, 2.75) is 46.1 Å². The van der Waals surface area contributed by atoms with Crippen molar-refractivity contribution < 1.29 is 28.6 Å². The van der Waals surface area contributed by atoms with Crippen molar-refractivity contribution in [3.05, 3.63) is 71.2 Å². The number of nitrogens with zero attached hydrogens (tertiary/aromatic N) is 2. The van der Waals surface area contributed by atoms with Crippen molar-refractivity contribution >= 4 is 22.7 Å². The fraction of sp³-hybridized carbons (Fsp3) is 0.419. The summed E-state index contributed by atoms with van der Waals surface area (Å²) in [7, 11) is 1.53. The molecule has 8 nitrogen and oxygen atoms in total. The van der Waals surface area contributed by atoms with Gasteiger partial charge in [0.05, 0.1) is 25.3 Å². The van der Waals surface area contributed by atoms with E-state index >= 15 is 0 Å². The Balaban J connectivity index is 1.72. The van der Waals surface area contributed by atoms with Gasteiger partial charge in [0.25, 0.3) is 5.91 Å². The molecule has 2 aromatic carbocycles. The molecule has 0 aliphatic carbocycles. The topological polar surface area (TPSA) is 92.4 Å². The number of Topliss-reactive ketones (excluding diaryl/α,β-unsaturated/α-hetero) is 1. The summed E-state index contributed by atoms with van der Waals surface area (Å²) in [4.78, 5) is 31.1. The minimum Gasteiger partial charge on any atom is -0.503 e. The first kappa shape index (κ1) is 28.2. The van der Waals surface area contributed by atoms with Crippen LogP contribution in [0.5, 0.6) is 11.5 Å². The van der Waals surface area contributed by atoms with Crippen molar-refractivity contribution in [2.75, 3.05) is 39.9 Å². The molecule has 0 radical (unpaired) electrons. The zero-order valence-corrected chi connectivity index (χ0v) is 23.2. The third-order valence-corrected chi connectivity index (χ3v) is 7.24. The van der Waals surface area contributed by atoms with Crippen LogP contribution in [-0.4, -0.2) is 66.5 Å². The van der Waals surface area contributed by atoms with E-state index in [1.165, 1.54) is 7.11 Å². The van der Waals surface area contributed by atoms with E-state index < -0.39 is 23.5 Å². The van der Waals surface area contributed by atoms with Gasteiger partial charge in [0.2, 0.25) is 5.78 Å². The lowest BCUT2D eigenvalue weighted by Crippen LogP contribution is -2.38. The average molecular weight is 535 g/mol. The van der Waals surface area contributed by atoms with Crippen LogP contribution in [0.2, 0.25) is 0 Å². The molecule has 0 saturated carbocycles. The number of carbonyl (C=O) groups is 2. The molecule has 2 heterocycles. The highest BCUT2D eigenvalue weighted by Gasteiger charge is 2.44. The maximum Gasteiger partial charge on any atom is 0.290 e. The zero-order valence-electron chi connectivity index (χ0n) is 23.2. The van der Waals surface area contributed by atoms with Gasteiger partial charge in [-0.05, 0) is 49.3 Å². The summed E-state index contributed by atoms with van der Waals surface area (Å²) in [5, 5.41) is 11.8. The number of rotatable bonds is 14. The molecule has 1 aliphatic heterocycles. The number of aliphatic hydroxyl groups is 1. The van der Waals surface area contributed by atoms with Crippen LogP contribution in [0.25, 0.3) is 11.0 Å². The summed E-state index contributed by atoms with van der Waals surface area (Å²) in [6.07, 6.45) is 3.12. The van der Waals surface area contributed by atoms with Gasteiger partial charge in [0.1, 0.15) is 5.75 Å². The van der Waals surface area contributed by atoms with Crippen LogP contribution < -0.4 is 9.47 Å². The van der Waals surface area contributed by atoms with Crippen LogP contribution in [-0.2, 0) is 4.79 Å². The lowest BCUT2D eigenvalue weighted by atomic mass is 9.95. The van der Waals surface area contributed by atoms with E-state index in [-0.39, 0.29) is 11.3 Å². The fourth-order valence-corrected chi connectivity index (χ4v) is 5.01. The predicted octanol–water partition coefficient (Wildman–Crippen LogP) is 5.93. The van der Waals surface area contributed by atoms with Gasteiger partial charge in [-0.3, -0.25) is 9.59 Å². The summed E-state index contributed by atoms with van der Waals surface area (Å²) in [5.41, 5.74) is 1.13. The number of hydrogen-bond acceptors (Lipinski definition) is 7. The Kier molecular flexibility index (Phi) is 9.30. The first-order valence-electron chi connectivity index (χ1n) is 13.7. The van der Waals surface area contributed by atoms with Crippen LogP contribution in [0.3, 0.4) is 0 Å². The van der Waals surface area contributed by atoms with E-state index in [1.807, 2.05) is 36.4 Å². The zero-order chi connectivity index (χ0) is 27.9. The Morgan fingerprint density at radius 3 is 2.56 bits per heavy atom. The molecule has 1 N–H and O–H groups in total. The monoisotopic (exact) mass is 534 g/mol. The first-order valence-corrected chi connectivity index (χ1v) is 13.7. The number of amides is 1. The lowest BCUT2D eigenvalue weighted by molar-refractivity contribution is -0.129. The maximum atomic E-state index is 13.9. The van der Waals surface area contributed by atoms with Crippen molar-refractivity contribution in [1.29, 1.82) is 0 Å². The molecule has 4 rings (SSSR count). The van der Waals surface area contributed by atoms with Crippen molar-refractivity contribution in [1.82, 2.24) is 9.80 Å². The van der Waals surface area contributed by atoms with Gasteiger partial charge >= 0.3 is 0 Å². The first-order chi connectivity index (χ1) is 18.9. The number of benzene rings is 2. The molecule has 1 amide bonds. The normalized spacial score (nSPS) is 15.6. The molecule has 1 atom stereocenters. The molecule has 8 heteroatoms. The number of likely N-dealkylation sites (N-methyl/N-ethyl adjacent to an activating group) is 1. The maximum absolute atomic E-state index is 13.9. The number of aliphatic hydroxyl groups excluding tert-OH is 1. The summed E-state index contributed by atoms with van der Waals surface area (Å²) in [6, 6.07) is 13.6. The molecule has 0 bridgehead atoms. The van der Waals surface area contributed by atoms with E-state index in [9.17, 15) is 14.7 Å². The van der Waals surface area contributed by atoms with Crippen LogP contribution in [0.1, 0.15) is 62.2 Å². The minimum atomic E-state index is -0.783. The Morgan fingerprint density at radius 1 is 1.08 bits per heavy atom. The van der Waals surface area contributed by atoms with Gasteiger partial charge < -0.3 is 28.8 Å². The molecular formula is C31H38N2O6. The number of unbranched alkanes of at least 4 members (excludes halogenated alkanes) is 2. The third-order valence-electron chi connectivity index (χ3n) is 7.24. The van der Waals surface area contributed by atoms with Crippen molar-refractivity contribution in [3.8, 4) is 11.5 Å². The number of para-hydroxylation sites is 1. The smallest absolute Gasteiger partial charge is 0.290 e. The number of ether oxygens (including phenoxy) is 2. The molecule has 208 valence electrons. The third kappa shape index (κ3) is 5.96. The Morgan fingerprint density at radius 2 is 1.85 bits per heavy atom. The highest BCUT2D eigenvalue weighted by atomic mass is 16.5. The summed E-state index contributed by atoms with van der Waals surface area (Å²) >= 11 is 0. The van der Waals surface area contributed by atoms with E-state index in [2.05, 4.69) is 25.7 Å². The lowest BCUT2D eigenvalue weighted by Gasteiger charge is -2.29. The van der Waals surface area contributed by atoms with Gasteiger partial charge in [-0.25, -0.2) is 0 Å². The van der Waals surface area contributed by atoms with Crippen LogP contribution in [0, 0.1) is 0 Å². The molecule has 0 spiro atoms.